The van der Waals surface area contributed by atoms with Crippen molar-refractivity contribution in [1.82, 2.24) is 15.3 Å². The lowest BCUT2D eigenvalue weighted by Gasteiger charge is -2.41. The van der Waals surface area contributed by atoms with E-state index in [1.54, 1.807) is 19.5 Å². The Bertz CT molecular complexity index is 1070. The van der Waals surface area contributed by atoms with Gasteiger partial charge in [0.15, 0.2) is 0 Å². The van der Waals surface area contributed by atoms with Crippen LogP contribution in [0.15, 0.2) is 48.8 Å². The largest absolute Gasteiger partial charge is 0.497 e. The van der Waals surface area contributed by atoms with Gasteiger partial charge in [0.1, 0.15) is 22.8 Å². The fourth-order valence-electron chi connectivity index (χ4n) is 4.18. The molecule has 2 aromatic heterocycles. The quantitative estimate of drug-likeness (QED) is 0.695. The van der Waals surface area contributed by atoms with Gasteiger partial charge in [-0.15, -0.1) is 0 Å². The van der Waals surface area contributed by atoms with Crippen molar-refractivity contribution in [2.24, 2.45) is 0 Å². The number of amides is 1. The molecule has 1 saturated heterocycles. The van der Waals surface area contributed by atoms with Crippen LogP contribution in [-0.2, 0) is 16.9 Å². The molecule has 2 aliphatic rings. The number of benzene rings is 1. The summed E-state index contributed by atoms with van der Waals surface area (Å²) in [6.45, 7) is 1.68. The van der Waals surface area contributed by atoms with E-state index in [1.165, 1.54) is 0 Å². The van der Waals surface area contributed by atoms with E-state index in [0.29, 0.717) is 25.5 Å². The van der Waals surface area contributed by atoms with Gasteiger partial charge in [0, 0.05) is 36.7 Å². The summed E-state index contributed by atoms with van der Waals surface area (Å²) in [7, 11) is 1.63. The van der Waals surface area contributed by atoms with Gasteiger partial charge in [-0.3, -0.25) is 9.78 Å². The van der Waals surface area contributed by atoms with Crippen molar-refractivity contribution in [2.75, 3.05) is 20.3 Å². The lowest BCUT2D eigenvalue weighted by atomic mass is 9.82. The molecule has 154 valence electrons. The normalized spacial score (nSPS) is 16.3. The molecule has 7 nitrogen and oxygen atoms in total. The maximum Gasteiger partial charge on any atom is 0.267 e. The minimum absolute atomic E-state index is 0.155. The van der Waals surface area contributed by atoms with Gasteiger partial charge in [0.25, 0.3) is 5.91 Å². The molecule has 0 radical (unpaired) electrons. The van der Waals surface area contributed by atoms with Crippen molar-refractivity contribution in [2.45, 2.75) is 25.0 Å². The fourth-order valence-corrected chi connectivity index (χ4v) is 4.18. The highest BCUT2D eigenvalue weighted by atomic mass is 16.5. The summed E-state index contributed by atoms with van der Waals surface area (Å²) in [6, 6.07) is 11.5. The number of aromatic nitrogens is 2. The van der Waals surface area contributed by atoms with Crippen LogP contribution in [0.25, 0.3) is 11.3 Å². The number of hydrogen-bond acceptors (Lipinski definition) is 5. The molecule has 2 aliphatic heterocycles. The van der Waals surface area contributed by atoms with E-state index in [-0.39, 0.29) is 5.91 Å². The first-order chi connectivity index (χ1) is 14.7. The summed E-state index contributed by atoms with van der Waals surface area (Å²) >= 11 is 0. The lowest BCUT2D eigenvalue weighted by molar-refractivity contribution is -0.0515. The van der Waals surface area contributed by atoms with E-state index < -0.39 is 5.60 Å². The molecular formula is C23H23N3O4. The summed E-state index contributed by atoms with van der Waals surface area (Å²) in [5.74, 6) is 1.37. The van der Waals surface area contributed by atoms with Crippen LogP contribution in [0.1, 0.15) is 34.5 Å². The van der Waals surface area contributed by atoms with Gasteiger partial charge in [0.2, 0.25) is 0 Å². The molecule has 0 saturated carbocycles. The Balaban J connectivity index is 1.43. The lowest BCUT2D eigenvalue weighted by Crippen LogP contribution is -2.41. The Morgan fingerprint density at radius 3 is 2.80 bits per heavy atom. The SMILES string of the molecule is COc1ccc(CNC(=O)c2cc3c([nH]2)-c2ccncc2OC32CCOCC2)cc1. The highest BCUT2D eigenvalue weighted by molar-refractivity contribution is 5.94. The number of hydrogen-bond donors (Lipinski definition) is 2. The van der Waals surface area contributed by atoms with Gasteiger partial charge in [-0.05, 0) is 29.8 Å². The second-order valence-corrected chi connectivity index (χ2v) is 7.58. The number of pyridine rings is 1. The molecule has 4 heterocycles. The van der Waals surface area contributed by atoms with Crippen LogP contribution in [0.3, 0.4) is 0 Å². The monoisotopic (exact) mass is 405 g/mol. The van der Waals surface area contributed by atoms with Gasteiger partial charge in [-0.1, -0.05) is 12.1 Å². The first-order valence-corrected chi connectivity index (χ1v) is 10.0. The first-order valence-electron chi connectivity index (χ1n) is 10.0. The van der Waals surface area contributed by atoms with E-state index in [9.17, 15) is 4.79 Å². The number of ether oxygens (including phenoxy) is 3. The number of H-pyrrole nitrogens is 1. The minimum Gasteiger partial charge on any atom is -0.497 e. The predicted molar refractivity (Wildman–Crippen MR) is 111 cm³/mol. The third-order valence-corrected chi connectivity index (χ3v) is 5.82. The van der Waals surface area contributed by atoms with Crippen molar-refractivity contribution >= 4 is 5.91 Å². The topological polar surface area (TPSA) is 85.5 Å². The smallest absolute Gasteiger partial charge is 0.267 e. The van der Waals surface area contributed by atoms with Crippen LogP contribution >= 0.6 is 0 Å². The number of carbonyl (C=O) groups is 1. The molecule has 5 rings (SSSR count). The fraction of sp³-hybridized carbons (Fsp3) is 0.304. The standard InChI is InChI=1S/C23H23N3O4/c1-28-16-4-2-15(3-5-16)13-25-22(27)19-12-18-21(26-19)17-6-9-24-14-20(17)30-23(18)7-10-29-11-8-23/h2-6,9,12,14,26H,7-8,10-11,13H2,1H3,(H,25,27). The van der Waals surface area contributed by atoms with Crippen LogP contribution in [0, 0.1) is 0 Å². The molecule has 1 fully saturated rings. The van der Waals surface area contributed by atoms with Crippen molar-refractivity contribution in [3.8, 4) is 22.8 Å². The Hall–Kier alpha value is -3.32. The third kappa shape index (κ3) is 3.21. The number of methoxy groups -OCH3 is 1. The van der Waals surface area contributed by atoms with Crippen molar-refractivity contribution < 1.29 is 19.0 Å². The number of rotatable bonds is 4. The predicted octanol–water partition coefficient (Wildman–Crippen LogP) is 3.41. The summed E-state index contributed by atoms with van der Waals surface area (Å²) < 4.78 is 17.2. The van der Waals surface area contributed by atoms with E-state index in [2.05, 4.69) is 15.3 Å². The number of aromatic amines is 1. The maximum absolute atomic E-state index is 12.9. The van der Waals surface area contributed by atoms with E-state index in [0.717, 1.165) is 46.7 Å². The Morgan fingerprint density at radius 2 is 2.03 bits per heavy atom. The van der Waals surface area contributed by atoms with Crippen LogP contribution < -0.4 is 14.8 Å². The zero-order valence-electron chi connectivity index (χ0n) is 16.7. The van der Waals surface area contributed by atoms with Crippen molar-refractivity contribution in [1.29, 1.82) is 0 Å². The molecule has 0 bridgehead atoms. The molecule has 0 aliphatic carbocycles. The van der Waals surface area contributed by atoms with Crippen LogP contribution in [0.4, 0.5) is 0 Å². The molecule has 7 heteroatoms. The molecular weight excluding hydrogens is 382 g/mol. The van der Waals surface area contributed by atoms with Crippen LogP contribution in [-0.4, -0.2) is 36.2 Å². The summed E-state index contributed by atoms with van der Waals surface area (Å²) in [4.78, 5) is 20.4. The maximum atomic E-state index is 12.9. The van der Waals surface area contributed by atoms with E-state index in [4.69, 9.17) is 14.2 Å². The second-order valence-electron chi connectivity index (χ2n) is 7.58. The minimum atomic E-state index is -0.491. The zero-order valence-corrected chi connectivity index (χ0v) is 16.7. The van der Waals surface area contributed by atoms with Crippen LogP contribution in [0.5, 0.6) is 11.5 Å². The van der Waals surface area contributed by atoms with E-state index in [1.807, 2.05) is 36.4 Å². The molecule has 2 N–H and O–H groups in total. The average molecular weight is 405 g/mol. The molecule has 1 spiro atoms. The summed E-state index contributed by atoms with van der Waals surface area (Å²) in [6.07, 6.45) is 4.94. The molecule has 0 atom stereocenters. The van der Waals surface area contributed by atoms with Crippen LogP contribution in [0.2, 0.25) is 0 Å². The third-order valence-electron chi connectivity index (χ3n) is 5.82. The van der Waals surface area contributed by atoms with Gasteiger partial charge in [-0.2, -0.15) is 0 Å². The van der Waals surface area contributed by atoms with Crippen molar-refractivity contribution in [3.05, 3.63) is 65.6 Å². The van der Waals surface area contributed by atoms with Gasteiger partial charge < -0.3 is 24.5 Å². The number of carbonyl (C=O) groups excluding carboxylic acids is 1. The van der Waals surface area contributed by atoms with E-state index >= 15 is 0 Å². The number of nitrogens with zero attached hydrogens (tertiary/aromatic N) is 1. The number of nitrogens with one attached hydrogen (secondary N) is 2. The molecule has 30 heavy (non-hydrogen) atoms. The Morgan fingerprint density at radius 1 is 1.23 bits per heavy atom. The van der Waals surface area contributed by atoms with Crippen molar-refractivity contribution in [3.63, 3.8) is 0 Å². The van der Waals surface area contributed by atoms with Gasteiger partial charge in [0.05, 0.1) is 32.2 Å². The molecule has 1 aromatic carbocycles. The molecule has 3 aromatic rings. The zero-order chi connectivity index (χ0) is 20.6. The first kappa shape index (κ1) is 18.7. The van der Waals surface area contributed by atoms with Gasteiger partial charge >= 0.3 is 0 Å². The highest BCUT2D eigenvalue weighted by Crippen LogP contribution is 2.49. The summed E-state index contributed by atoms with van der Waals surface area (Å²) in [5, 5.41) is 2.99. The number of fused-ring (bicyclic) bond motifs is 4. The molecule has 1 amide bonds. The molecule has 0 unspecified atom stereocenters. The van der Waals surface area contributed by atoms with Gasteiger partial charge in [-0.25, -0.2) is 0 Å². The Labute approximate surface area is 174 Å². The summed E-state index contributed by atoms with van der Waals surface area (Å²) in [5.41, 5.74) is 3.89. The Kier molecular flexibility index (Phi) is 4.67. The second kappa shape index (κ2) is 7.50. The highest BCUT2D eigenvalue weighted by Gasteiger charge is 2.44. The average Bonchev–Trinajstić information content (AvgIpc) is 3.26.